The summed E-state index contributed by atoms with van der Waals surface area (Å²) in [6.07, 6.45) is 5.87. The molecule has 0 aliphatic carbocycles. The van der Waals surface area contributed by atoms with Crippen molar-refractivity contribution in [2.75, 3.05) is 27.2 Å². The topological polar surface area (TPSA) is 50.3 Å². The Morgan fingerprint density at radius 1 is 1.44 bits per heavy atom. The summed E-state index contributed by atoms with van der Waals surface area (Å²) in [5, 5.41) is 3.34. The van der Waals surface area contributed by atoms with Crippen molar-refractivity contribution in [1.29, 1.82) is 0 Å². The summed E-state index contributed by atoms with van der Waals surface area (Å²) < 4.78 is 5.22. The van der Waals surface area contributed by atoms with Crippen LogP contribution in [-0.2, 0) is 6.54 Å². The smallest absolute Gasteiger partial charge is 0.236 e. The molecule has 0 aromatic carbocycles. The van der Waals surface area contributed by atoms with Crippen LogP contribution in [0.3, 0.4) is 0 Å². The standard InChI is InChI=1S/C12H20N4O.ClH/c1-13-10-4-3-7-16(8-10)9-11-12(17-2)15-6-5-14-11;/h5-6,10,13H,3-4,7-9H2,1-2H3;1H. The fourth-order valence-electron chi connectivity index (χ4n) is 2.28. The van der Waals surface area contributed by atoms with Crippen molar-refractivity contribution in [1.82, 2.24) is 20.2 Å². The van der Waals surface area contributed by atoms with Crippen LogP contribution in [0, 0.1) is 0 Å². The van der Waals surface area contributed by atoms with Crippen molar-refractivity contribution in [3.8, 4) is 5.88 Å². The molecule has 0 amide bonds. The number of hydrogen-bond donors (Lipinski definition) is 1. The normalized spacial score (nSPS) is 20.2. The Kier molecular flexibility index (Phi) is 6.32. The van der Waals surface area contributed by atoms with Gasteiger partial charge >= 0.3 is 0 Å². The minimum atomic E-state index is 0. The van der Waals surface area contributed by atoms with Gasteiger partial charge in [-0.3, -0.25) is 9.88 Å². The largest absolute Gasteiger partial charge is 0.480 e. The molecule has 18 heavy (non-hydrogen) atoms. The highest BCUT2D eigenvalue weighted by molar-refractivity contribution is 5.85. The lowest BCUT2D eigenvalue weighted by molar-refractivity contribution is 0.183. The number of ether oxygens (including phenoxy) is 1. The Morgan fingerprint density at radius 3 is 2.94 bits per heavy atom. The monoisotopic (exact) mass is 272 g/mol. The Hall–Kier alpha value is -0.910. The van der Waals surface area contributed by atoms with E-state index in [0.29, 0.717) is 11.9 Å². The van der Waals surface area contributed by atoms with E-state index in [1.54, 1.807) is 19.5 Å². The SMILES string of the molecule is CNC1CCCN(Cc2nccnc2OC)C1.Cl. The first-order chi connectivity index (χ1) is 8.33. The third kappa shape index (κ3) is 3.80. The van der Waals surface area contributed by atoms with E-state index in [-0.39, 0.29) is 12.4 Å². The average molecular weight is 273 g/mol. The molecule has 1 aliphatic rings. The van der Waals surface area contributed by atoms with Gasteiger partial charge in [-0.1, -0.05) is 0 Å². The van der Waals surface area contributed by atoms with Crippen molar-refractivity contribution in [2.24, 2.45) is 0 Å². The highest BCUT2D eigenvalue weighted by Gasteiger charge is 2.20. The molecule has 6 heteroatoms. The third-order valence-corrected chi connectivity index (χ3v) is 3.22. The number of halogens is 1. The maximum Gasteiger partial charge on any atom is 0.236 e. The molecule has 0 radical (unpaired) electrons. The molecule has 0 spiro atoms. The van der Waals surface area contributed by atoms with Gasteiger partial charge in [-0.2, -0.15) is 0 Å². The van der Waals surface area contributed by atoms with Gasteiger partial charge in [0.25, 0.3) is 0 Å². The zero-order valence-corrected chi connectivity index (χ0v) is 11.7. The molecule has 2 heterocycles. The molecule has 1 saturated heterocycles. The van der Waals surface area contributed by atoms with Crippen LogP contribution < -0.4 is 10.1 Å². The molecule has 1 aliphatic heterocycles. The van der Waals surface area contributed by atoms with Gasteiger partial charge in [-0.15, -0.1) is 12.4 Å². The van der Waals surface area contributed by atoms with Gasteiger partial charge in [-0.25, -0.2) is 4.98 Å². The molecule has 102 valence electrons. The summed E-state index contributed by atoms with van der Waals surface area (Å²) in [4.78, 5) is 10.9. The zero-order valence-electron chi connectivity index (χ0n) is 10.9. The van der Waals surface area contributed by atoms with Crippen LogP contribution in [0.4, 0.5) is 0 Å². The van der Waals surface area contributed by atoms with Crippen LogP contribution >= 0.6 is 12.4 Å². The van der Waals surface area contributed by atoms with E-state index in [4.69, 9.17) is 4.74 Å². The number of hydrogen-bond acceptors (Lipinski definition) is 5. The van der Waals surface area contributed by atoms with E-state index in [1.807, 2.05) is 7.05 Å². The first-order valence-electron chi connectivity index (χ1n) is 6.07. The summed E-state index contributed by atoms with van der Waals surface area (Å²) >= 11 is 0. The van der Waals surface area contributed by atoms with Crippen molar-refractivity contribution in [2.45, 2.75) is 25.4 Å². The second-order valence-corrected chi connectivity index (χ2v) is 4.38. The summed E-state index contributed by atoms with van der Waals surface area (Å²) in [5.41, 5.74) is 0.923. The third-order valence-electron chi connectivity index (χ3n) is 3.22. The first-order valence-corrected chi connectivity index (χ1v) is 6.07. The summed E-state index contributed by atoms with van der Waals surface area (Å²) in [5.74, 6) is 0.638. The van der Waals surface area contributed by atoms with Crippen LogP contribution in [0.5, 0.6) is 5.88 Å². The maximum absolute atomic E-state index is 5.22. The predicted molar refractivity (Wildman–Crippen MR) is 73.2 cm³/mol. The van der Waals surface area contributed by atoms with Gasteiger partial charge in [-0.05, 0) is 26.4 Å². The molecule has 1 N–H and O–H groups in total. The van der Waals surface area contributed by atoms with Crippen molar-refractivity contribution >= 4 is 12.4 Å². The molecule has 1 atom stereocenters. The summed E-state index contributed by atoms with van der Waals surface area (Å²) in [6.45, 7) is 3.00. The first kappa shape index (κ1) is 15.1. The molecule has 0 bridgehead atoms. The van der Waals surface area contributed by atoms with Gasteiger partial charge in [0.2, 0.25) is 5.88 Å². The maximum atomic E-state index is 5.22. The molecule has 0 saturated carbocycles. The Labute approximate surface area is 114 Å². The molecule has 1 aromatic heterocycles. The van der Waals surface area contributed by atoms with E-state index >= 15 is 0 Å². The van der Waals surface area contributed by atoms with E-state index in [0.717, 1.165) is 25.3 Å². The van der Waals surface area contributed by atoms with Crippen molar-refractivity contribution < 1.29 is 4.74 Å². The number of rotatable bonds is 4. The number of likely N-dealkylation sites (N-methyl/N-ethyl adjacent to an activating group) is 1. The van der Waals surface area contributed by atoms with Gasteiger partial charge in [0, 0.05) is 31.5 Å². The van der Waals surface area contributed by atoms with E-state index < -0.39 is 0 Å². The highest BCUT2D eigenvalue weighted by Crippen LogP contribution is 2.17. The van der Waals surface area contributed by atoms with Gasteiger partial charge in [0.05, 0.1) is 7.11 Å². The molecule has 1 aromatic rings. The Balaban J connectivity index is 0.00000162. The van der Waals surface area contributed by atoms with Crippen molar-refractivity contribution in [3.63, 3.8) is 0 Å². The lowest BCUT2D eigenvalue weighted by Crippen LogP contribution is -2.44. The number of aromatic nitrogens is 2. The lowest BCUT2D eigenvalue weighted by Gasteiger charge is -2.32. The van der Waals surface area contributed by atoms with Gasteiger partial charge in [0.1, 0.15) is 5.69 Å². The number of methoxy groups -OCH3 is 1. The number of nitrogens with zero attached hydrogens (tertiary/aromatic N) is 3. The fraction of sp³-hybridized carbons (Fsp3) is 0.667. The fourth-order valence-corrected chi connectivity index (χ4v) is 2.28. The second-order valence-electron chi connectivity index (χ2n) is 4.38. The van der Waals surface area contributed by atoms with Crippen LogP contribution in [0.2, 0.25) is 0 Å². The van der Waals surface area contributed by atoms with Gasteiger partial charge < -0.3 is 10.1 Å². The summed E-state index contributed by atoms with van der Waals surface area (Å²) in [6, 6.07) is 0.589. The molecule has 2 rings (SSSR count). The Bertz CT molecular complexity index is 364. The molecule has 1 unspecified atom stereocenters. The number of likely N-dealkylation sites (tertiary alicyclic amines) is 1. The van der Waals surface area contributed by atoms with Crippen LogP contribution in [0.15, 0.2) is 12.4 Å². The lowest BCUT2D eigenvalue weighted by atomic mass is 10.1. The second kappa shape index (κ2) is 7.51. The molecule has 1 fully saturated rings. The molecular formula is C12H21ClN4O. The van der Waals surface area contributed by atoms with Gasteiger partial charge in [0.15, 0.2) is 0 Å². The highest BCUT2D eigenvalue weighted by atomic mass is 35.5. The van der Waals surface area contributed by atoms with Crippen LogP contribution in [0.25, 0.3) is 0 Å². The molecular weight excluding hydrogens is 252 g/mol. The number of nitrogens with one attached hydrogen (secondary N) is 1. The van der Waals surface area contributed by atoms with E-state index in [2.05, 4.69) is 20.2 Å². The average Bonchev–Trinajstić information content (AvgIpc) is 2.39. The van der Waals surface area contributed by atoms with Crippen molar-refractivity contribution in [3.05, 3.63) is 18.1 Å². The predicted octanol–water partition coefficient (Wildman–Crippen LogP) is 1.09. The van der Waals surface area contributed by atoms with E-state index in [9.17, 15) is 0 Å². The zero-order chi connectivity index (χ0) is 12.1. The Morgan fingerprint density at radius 2 is 2.22 bits per heavy atom. The summed E-state index contributed by atoms with van der Waals surface area (Å²) in [7, 11) is 3.66. The van der Waals surface area contributed by atoms with Crippen LogP contribution in [-0.4, -0.2) is 48.2 Å². The number of piperidine rings is 1. The molecule has 5 nitrogen and oxygen atoms in total. The minimum absolute atomic E-state index is 0. The quantitative estimate of drug-likeness (QED) is 0.889. The van der Waals surface area contributed by atoms with E-state index in [1.165, 1.54) is 12.8 Å². The minimum Gasteiger partial charge on any atom is -0.480 e. The van der Waals surface area contributed by atoms with Crippen LogP contribution in [0.1, 0.15) is 18.5 Å².